The zero-order chi connectivity index (χ0) is 9.26. The molecule has 0 radical (unpaired) electrons. The molecule has 0 bridgehead atoms. The summed E-state index contributed by atoms with van der Waals surface area (Å²) in [5.41, 5.74) is -0.0919. The minimum absolute atomic E-state index is 0.0919. The standard InChI is InChI=1S/C9H13N3O/c1-6-11-8(4-9(13)12-6)10-5-7-2-3-7/h4,7H,2-3,5H2,1H3,(H2,10,11,12,13). The van der Waals surface area contributed by atoms with Crippen molar-refractivity contribution >= 4 is 5.82 Å². The molecule has 1 aliphatic carbocycles. The van der Waals surface area contributed by atoms with Gasteiger partial charge in [0.1, 0.15) is 11.6 Å². The molecular weight excluding hydrogens is 166 g/mol. The molecule has 13 heavy (non-hydrogen) atoms. The zero-order valence-corrected chi connectivity index (χ0v) is 7.63. The molecule has 0 unspecified atom stereocenters. The van der Waals surface area contributed by atoms with E-state index in [1.807, 2.05) is 0 Å². The van der Waals surface area contributed by atoms with Crippen LogP contribution >= 0.6 is 0 Å². The molecule has 0 spiro atoms. The number of anilines is 1. The van der Waals surface area contributed by atoms with Gasteiger partial charge in [-0.3, -0.25) is 4.79 Å². The van der Waals surface area contributed by atoms with Crippen LogP contribution in [0.1, 0.15) is 18.7 Å². The molecule has 4 heteroatoms. The number of hydrogen-bond donors (Lipinski definition) is 2. The molecule has 2 rings (SSSR count). The number of aromatic amines is 1. The first-order valence-corrected chi connectivity index (χ1v) is 4.56. The van der Waals surface area contributed by atoms with E-state index in [0.717, 1.165) is 12.5 Å². The Morgan fingerprint density at radius 3 is 3.08 bits per heavy atom. The van der Waals surface area contributed by atoms with Crippen molar-refractivity contribution < 1.29 is 0 Å². The molecule has 0 atom stereocenters. The van der Waals surface area contributed by atoms with E-state index in [-0.39, 0.29) is 5.56 Å². The Morgan fingerprint density at radius 2 is 2.46 bits per heavy atom. The van der Waals surface area contributed by atoms with Gasteiger partial charge in [0.25, 0.3) is 5.56 Å². The van der Waals surface area contributed by atoms with E-state index < -0.39 is 0 Å². The van der Waals surface area contributed by atoms with Crippen molar-refractivity contribution in [3.63, 3.8) is 0 Å². The topological polar surface area (TPSA) is 57.8 Å². The summed E-state index contributed by atoms with van der Waals surface area (Å²) in [7, 11) is 0. The average molecular weight is 179 g/mol. The number of rotatable bonds is 3. The van der Waals surface area contributed by atoms with Crippen LogP contribution in [0.5, 0.6) is 0 Å². The Balaban J connectivity index is 2.05. The number of hydrogen-bond acceptors (Lipinski definition) is 3. The van der Waals surface area contributed by atoms with Crippen LogP contribution in [0.4, 0.5) is 5.82 Å². The lowest BCUT2D eigenvalue weighted by molar-refractivity contribution is 0.875. The van der Waals surface area contributed by atoms with Gasteiger partial charge < -0.3 is 10.3 Å². The van der Waals surface area contributed by atoms with Crippen molar-refractivity contribution in [2.75, 3.05) is 11.9 Å². The predicted octanol–water partition coefficient (Wildman–Crippen LogP) is 0.900. The highest BCUT2D eigenvalue weighted by molar-refractivity contribution is 5.32. The Bertz CT molecular complexity index is 354. The molecule has 1 heterocycles. The summed E-state index contributed by atoms with van der Waals surface area (Å²) in [6.45, 7) is 2.72. The quantitative estimate of drug-likeness (QED) is 0.724. The Morgan fingerprint density at radius 1 is 1.69 bits per heavy atom. The van der Waals surface area contributed by atoms with Crippen molar-refractivity contribution in [1.29, 1.82) is 0 Å². The maximum absolute atomic E-state index is 11.0. The fraction of sp³-hybridized carbons (Fsp3) is 0.556. The second-order valence-electron chi connectivity index (χ2n) is 3.54. The van der Waals surface area contributed by atoms with Gasteiger partial charge in [0.15, 0.2) is 0 Å². The van der Waals surface area contributed by atoms with E-state index in [9.17, 15) is 4.79 Å². The Kier molecular flexibility index (Phi) is 2.04. The zero-order valence-electron chi connectivity index (χ0n) is 7.63. The molecule has 70 valence electrons. The fourth-order valence-corrected chi connectivity index (χ4v) is 1.24. The molecule has 1 aliphatic rings. The second kappa shape index (κ2) is 3.20. The summed E-state index contributed by atoms with van der Waals surface area (Å²) in [6, 6.07) is 1.50. The number of nitrogens with zero attached hydrogens (tertiary/aromatic N) is 1. The summed E-state index contributed by atoms with van der Waals surface area (Å²) in [6.07, 6.45) is 2.60. The summed E-state index contributed by atoms with van der Waals surface area (Å²) in [4.78, 5) is 17.8. The lowest BCUT2D eigenvalue weighted by Gasteiger charge is -2.03. The summed E-state index contributed by atoms with van der Waals surface area (Å²) in [5.74, 6) is 2.14. The van der Waals surface area contributed by atoms with Crippen LogP contribution in [0.2, 0.25) is 0 Å². The largest absolute Gasteiger partial charge is 0.370 e. The van der Waals surface area contributed by atoms with Crippen molar-refractivity contribution in [3.05, 3.63) is 22.2 Å². The second-order valence-corrected chi connectivity index (χ2v) is 3.54. The van der Waals surface area contributed by atoms with Crippen LogP contribution in [0.15, 0.2) is 10.9 Å². The van der Waals surface area contributed by atoms with Gasteiger partial charge in [-0.25, -0.2) is 4.98 Å². The highest BCUT2D eigenvalue weighted by Crippen LogP contribution is 2.28. The number of aromatic nitrogens is 2. The first-order valence-electron chi connectivity index (χ1n) is 4.56. The van der Waals surface area contributed by atoms with Crippen LogP contribution < -0.4 is 10.9 Å². The maximum Gasteiger partial charge on any atom is 0.252 e. The van der Waals surface area contributed by atoms with E-state index >= 15 is 0 Å². The molecule has 1 aromatic rings. The summed E-state index contributed by atoms with van der Waals surface area (Å²) in [5, 5.41) is 3.16. The molecular formula is C9H13N3O. The summed E-state index contributed by atoms with van der Waals surface area (Å²) >= 11 is 0. The van der Waals surface area contributed by atoms with Gasteiger partial charge in [-0.2, -0.15) is 0 Å². The first kappa shape index (κ1) is 8.29. The van der Waals surface area contributed by atoms with Crippen molar-refractivity contribution in [2.45, 2.75) is 19.8 Å². The van der Waals surface area contributed by atoms with Crippen LogP contribution in [0.25, 0.3) is 0 Å². The van der Waals surface area contributed by atoms with Crippen LogP contribution in [-0.4, -0.2) is 16.5 Å². The van der Waals surface area contributed by atoms with Gasteiger partial charge in [0.2, 0.25) is 0 Å². The van der Waals surface area contributed by atoms with Gasteiger partial charge >= 0.3 is 0 Å². The number of aryl methyl sites for hydroxylation is 1. The monoisotopic (exact) mass is 179 g/mol. The normalized spacial score (nSPS) is 15.8. The van der Waals surface area contributed by atoms with E-state index in [1.54, 1.807) is 6.92 Å². The SMILES string of the molecule is Cc1nc(NCC2CC2)cc(=O)[nH]1. The van der Waals surface area contributed by atoms with Gasteiger partial charge in [0.05, 0.1) is 0 Å². The van der Waals surface area contributed by atoms with E-state index in [2.05, 4.69) is 15.3 Å². The molecule has 1 saturated carbocycles. The minimum Gasteiger partial charge on any atom is -0.370 e. The van der Waals surface area contributed by atoms with Crippen molar-refractivity contribution in [2.24, 2.45) is 5.92 Å². The average Bonchev–Trinajstić information content (AvgIpc) is 2.81. The van der Waals surface area contributed by atoms with Gasteiger partial charge in [0, 0.05) is 12.6 Å². The molecule has 0 saturated heterocycles. The highest BCUT2D eigenvalue weighted by Gasteiger charge is 2.20. The fourth-order valence-electron chi connectivity index (χ4n) is 1.24. The van der Waals surface area contributed by atoms with Crippen LogP contribution in [-0.2, 0) is 0 Å². The van der Waals surface area contributed by atoms with E-state index in [4.69, 9.17) is 0 Å². The number of H-pyrrole nitrogens is 1. The van der Waals surface area contributed by atoms with Gasteiger partial charge in [-0.05, 0) is 25.7 Å². The highest BCUT2D eigenvalue weighted by atomic mass is 16.1. The molecule has 1 fully saturated rings. The lowest BCUT2D eigenvalue weighted by atomic mass is 10.4. The molecule has 2 N–H and O–H groups in total. The molecule has 0 amide bonds. The third-order valence-electron chi connectivity index (χ3n) is 2.13. The van der Waals surface area contributed by atoms with Crippen LogP contribution in [0, 0.1) is 12.8 Å². The van der Waals surface area contributed by atoms with E-state index in [1.165, 1.54) is 18.9 Å². The molecule has 0 aliphatic heterocycles. The lowest BCUT2D eigenvalue weighted by Crippen LogP contribution is -2.13. The van der Waals surface area contributed by atoms with E-state index in [0.29, 0.717) is 11.6 Å². The van der Waals surface area contributed by atoms with Crippen molar-refractivity contribution in [3.8, 4) is 0 Å². The van der Waals surface area contributed by atoms with Gasteiger partial charge in [-0.1, -0.05) is 0 Å². The first-order chi connectivity index (χ1) is 6.24. The Hall–Kier alpha value is -1.32. The third-order valence-corrected chi connectivity index (χ3v) is 2.13. The molecule has 0 aromatic carbocycles. The smallest absolute Gasteiger partial charge is 0.252 e. The maximum atomic E-state index is 11.0. The minimum atomic E-state index is -0.0919. The van der Waals surface area contributed by atoms with Crippen molar-refractivity contribution in [1.82, 2.24) is 9.97 Å². The number of nitrogens with one attached hydrogen (secondary N) is 2. The predicted molar refractivity (Wildman–Crippen MR) is 50.8 cm³/mol. The van der Waals surface area contributed by atoms with Gasteiger partial charge in [-0.15, -0.1) is 0 Å². The Labute approximate surface area is 76.4 Å². The summed E-state index contributed by atoms with van der Waals surface area (Å²) < 4.78 is 0. The van der Waals surface area contributed by atoms with Crippen LogP contribution in [0.3, 0.4) is 0 Å². The molecule has 1 aromatic heterocycles. The third kappa shape index (κ3) is 2.31. The molecule has 4 nitrogen and oxygen atoms in total.